The zero-order chi connectivity index (χ0) is 17.1. The van der Waals surface area contributed by atoms with Gasteiger partial charge in [0.25, 0.3) is 0 Å². The predicted octanol–water partition coefficient (Wildman–Crippen LogP) is 3.34. The Balaban J connectivity index is 1.83. The molecule has 0 atom stereocenters. The molecule has 1 N–H and O–H groups in total. The molecule has 0 radical (unpaired) electrons. The monoisotopic (exact) mass is 326 g/mol. The van der Waals surface area contributed by atoms with E-state index in [1.54, 1.807) is 24.5 Å². The number of halogens is 2. The Kier molecular flexibility index (Phi) is 4.29. The summed E-state index contributed by atoms with van der Waals surface area (Å²) in [6.45, 7) is 0. The second kappa shape index (κ2) is 6.54. The largest absolute Gasteiger partial charge is 0.358 e. The van der Waals surface area contributed by atoms with Crippen LogP contribution in [0.15, 0.2) is 55.0 Å². The number of ketones is 2. The lowest BCUT2D eigenvalue weighted by molar-refractivity contribution is 0.0988. The molecule has 0 spiro atoms. The lowest BCUT2D eigenvalue weighted by atomic mass is 10.0. The number of Topliss-reactive ketones (excluding diaryl/α,β-unsaturated/α-hetero) is 1. The Hall–Kier alpha value is -3.15. The van der Waals surface area contributed by atoms with Crippen LogP contribution in [-0.4, -0.2) is 21.5 Å². The first-order valence-corrected chi connectivity index (χ1v) is 7.15. The Morgan fingerprint density at radius 1 is 1.08 bits per heavy atom. The molecule has 0 unspecified atom stereocenters. The summed E-state index contributed by atoms with van der Waals surface area (Å²) in [5.74, 6) is -2.95. The van der Waals surface area contributed by atoms with Gasteiger partial charge in [-0.15, -0.1) is 0 Å². The number of hydrogen-bond acceptors (Lipinski definition) is 3. The van der Waals surface area contributed by atoms with E-state index in [-0.39, 0.29) is 23.5 Å². The Morgan fingerprint density at radius 2 is 1.83 bits per heavy atom. The van der Waals surface area contributed by atoms with Crippen molar-refractivity contribution in [1.82, 2.24) is 9.97 Å². The number of rotatable bonds is 5. The van der Waals surface area contributed by atoms with Crippen LogP contribution < -0.4 is 0 Å². The number of nitrogens with one attached hydrogen (secondary N) is 1. The molecule has 3 rings (SSSR count). The van der Waals surface area contributed by atoms with Crippen LogP contribution in [0.25, 0.3) is 0 Å². The molecule has 0 saturated carbocycles. The molecule has 0 bridgehead atoms. The van der Waals surface area contributed by atoms with E-state index in [2.05, 4.69) is 9.97 Å². The van der Waals surface area contributed by atoms with Crippen LogP contribution in [-0.2, 0) is 6.42 Å². The van der Waals surface area contributed by atoms with Crippen LogP contribution in [0, 0.1) is 11.6 Å². The minimum Gasteiger partial charge on any atom is -0.358 e. The third-order valence-corrected chi connectivity index (χ3v) is 3.52. The fourth-order valence-corrected chi connectivity index (χ4v) is 2.33. The first-order chi connectivity index (χ1) is 11.6. The average molecular weight is 326 g/mol. The minimum absolute atomic E-state index is 0.0218. The summed E-state index contributed by atoms with van der Waals surface area (Å²) in [5, 5.41) is 0. The van der Waals surface area contributed by atoms with Gasteiger partial charge in [-0.05, 0) is 29.8 Å². The SMILES string of the molecule is O=C(Cc1cccnc1)c1cc(C(=O)c2c(F)cccc2F)c[nH]1. The normalized spacial score (nSPS) is 10.6. The van der Waals surface area contributed by atoms with Crippen molar-refractivity contribution in [3.8, 4) is 0 Å². The van der Waals surface area contributed by atoms with Gasteiger partial charge in [-0.25, -0.2) is 8.78 Å². The van der Waals surface area contributed by atoms with Gasteiger partial charge in [0.05, 0.1) is 11.3 Å². The number of carbonyl (C=O) groups is 2. The molecule has 0 aliphatic rings. The van der Waals surface area contributed by atoms with E-state index in [0.717, 1.165) is 17.7 Å². The van der Waals surface area contributed by atoms with Gasteiger partial charge in [-0.1, -0.05) is 12.1 Å². The number of hydrogen-bond donors (Lipinski definition) is 1. The molecule has 2 heterocycles. The van der Waals surface area contributed by atoms with E-state index >= 15 is 0 Å². The molecule has 4 nitrogen and oxygen atoms in total. The van der Waals surface area contributed by atoms with Crippen LogP contribution in [0.1, 0.15) is 32.0 Å². The molecule has 120 valence electrons. The van der Waals surface area contributed by atoms with E-state index in [4.69, 9.17) is 0 Å². The van der Waals surface area contributed by atoms with Gasteiger partial charge in [0.15, 0.2) is 11.6 Å². The number of aromatic nitrogens is 2. The summed E-state index contributed by atoms with van der Waals surface area (Å²) in [6, 6.07) is 7.98. The van der Waals surface area contributed by atoms with Crippen LogP contribution >= 0.6 is 0 Å². The number of aromatic amines is 1. The molecule has 0 aliphatic carbocycles. The molecule has 1 aromatic carbocycles. The highest BCUT2D eigenvalue weighted by atomic mass is 19.1. The topological polar surface area (TPSA) is 62.8 Å². The molecule has 0 amide bonds. The average Bonchev–Trinajstić information content (AvgIpc) is 3.05. The van der Waals surface area contributed by atoms with Crippen LogP contribution in [0.2, 0.25) is 0 Å². The summed E-state index contributed by atoms with van der Waals surface area (Å²) in [4.78, 5) is 31.1. The number of pyridine rings is 1. The number of benzene rings is 1. The highest BCUT2D eigenvalue weighted by Gasteiger charge is 2.21. The molecule has 0 aliphatic heterocycles. The van der Waals surface area contributed by atoms with E-state index in [0.29, 0.717) is 0 Å². The summed E-state index contributed by atoms with van der Waals surface area (Å²) < 4.78 is 27.4. The summed E-state index contributed by atoms with van der Waals surface area (Å²) >= 11 is 0. The van der Waals surface area contributed by atoms with E-state index in [9.17, 15) is 18.4 Å². The van der Waals surface area contributed by atoms with Gasteiger partial charge in [0, 0.05) is 30.6 Å². The van der Waals surface area contributed by atoms with Gasteiger partial charge in [0.1, 0.15) is 11.6 Å². The van der Waals surface area contributed by atoms with Crippen molar-refractivity contribution in [2.45, 2.75) is 6.42 Å². The van der Waals surface area contributed by atoms with Gasteiger partial charge in [-0.3, -0.25) is 14.6 Å². The van der Waals surface area contributed by atoms with Gasteiger partial charge < -0.3 is 4.98 Å². The molecular weight excluding hydrogens is 314 g/mol. The Labute approximate surface area is 136 Å². The highest BCUT2D eigenvalue weighted by Crippen LogP contribution is 2.18. The standard InChI is InChI=1S/C18H12F2N2O2/c19-13-4-1-5-14(20)17(13)18(24)12-8-15(22-10-12)16(23)7-11-3-2-6-21-9-11/h1-6,8-10,22H,7H2. The molecule has 3 aromatic rings. The van der Waals surface area contributed by atoms with E-state index in [1.165, 1.54) is 18.3 Å². The Morgan fingerprint density at radius 3 is 2.50 bits per heavy atom. The van der Waals surface area contributed by atoms with Crippen molar-refractivity contribution in [2.24, 2.45) is 0 Å². The second-order valence-corrected chi connectivity index (χ2v) is 5.19. The van der Waals surface area contributed by atoms with Crippen molar-refractivity contribution < 1.29 is 18.4 Å². The minimum atomic E-state index is -0.940. The highest BCUT2D eigenvalue weighted by molar-refractivity contribution is 6.10. The summed E-state index contributed by atoms with van der Waals surface area (Å²) in [5.41, 5.74) is 0.306. The van der Waals surface area contributed by atoms with E-state index in [1.807, 2.05) is 0 Å². The molecule has 0 fully saturated rings. The van der Waals surface area contributed by atoms with Gasteiger partial charge in [-0.2, -0.15) is 0 Å². The summed E-state index contributed by atoms with van der Waals surface area (Å²) in [7, 11) is 0. The van der Waals surface area contributed by atoms with Crippen LogP contribution in [0.3, 0.4) is 0 Å². The first kappa shape index (κ1) is 15.7. The fraction of sp³-hybridized carbons (Fsp3) is 0.0556. The molecular formula is C18H12F2N2O2. The maximum Gasteiger partial charge on any atom is 0.200 e. The molecule has 0 saturated heterocycles. The third kappa shape index (κ3) is 3.12. The molecule has 24 heavy (non-hydrogen) atoms. The smallest absolute Gasteiger partial charge is 0.200 e. The maximum absolute atomic E-state index is 13.7. The van der Waals surface area contributed by atoms with Crippen LogP contribution in [0.5, 0.6) is 0 Å². The van der Waals surface area contributed by atoms with Crippen molar-refractivity contribution in [3.05, 3.63) is 89.0 Å². The fourth-order valence-electron chi connectivity index (χ4n) is 2.33. The first-order valence-electron chi connectivity index (χ1n) is 7.15. The summed E-state index contributed by atoms with van der Waals surface area (Å²) in [6.07, 6.45) is 4.55. The third-order valence-electron chi connectivity index (χ3n) is 3.52. The predicted molar refractivity (Wildman–Crippen MR) is 82.9 cm³/mol. The van der Waals surface area contributed by atoms with Crippen LogP contribution in [0.4, 0.5) is 8.78 Å². The number of nitrogens with zero attached hydrogens (tertiary/aromatic N) is 1. The van der Waals surface area contributed by atoms with E-state index < -0.39 is 23.0 Å². The van der Waals surface area contributed by atoms with Crippen molar-refractivity contribution >= 4 is 11.6 Å². The quantitative estimate of drug-likeness (QED) is 0.731. The maximum atomic E-state index is 13.7. The molecule has 2 aromatic heterocycles. The number of H-pyrrole nitrogens is 1. The van der Waals surface area contributed by atoms with Crippen molar-refractivity contribution in [3.63, 3.8) is 0 Å². The lowest BCUT2D eigenvalue weighted by Gasteiger charge is -2.01. The van der Waals surface area contributed by atoms with Crippen molar-refractivity contribution in [1.29, 1.82) is 0 Å². The number of carbonyl (C=O) groups excluding carboxylic acids is 2. The molecule has 6 heteroatoms. The Bertz CT molecular complexity index is 884. The van der Waals surface area contributed by atoms with Gasteiger partial charge in [0.2, 0.25) is 0 Å². The van der Waals surface area contributed by atoms with Crippen molar-refractivity contribution in [2.75, 3.05) is 0 Å². The lowest BCUT2D eigenvalue weighted by Crippen LogP contribution is -2.07. The zero-order valence-corrected chi connectivity index (χ0v) is 12.4. The van der Waals surface area contributed by atoms with Gasteiger partial charge >= 0.3 is 0 Å². The second-order valence-electron chi connectivity index (χ2n) is 5.19. The zero-order valence-electron chi connectivity index (χ0n) is 12.4.